The lowest BCUT2D eigenvalue weighted by atomic mass is 10.4. The second-order valence-corrected chi connectivity index (χ2v) is 4.93. The molecule has 0 radical (unpaired) electrons. The van der Waals surface area contributed by atoms with Crippen LogP contribution in [0.5, 0.6) is 0 Å². The van der Waals surface area contributed by atoms with Crippen molar-refractivity contribution in [2.75, 3.05) is 29.6 Å². The monoisotopic (exact) mass is 248 g/mol. The standard InChI is InChI=1S/C8H13ClN4OS/c1-15(14)4-2-3-11-7-5-6(9)12-8(10)13-7/h5H,2-4H2,1H3,(H3,10,11,12,13). The zero-order chi connectivity index (χ0) is 11.3. The number of anilines is 2. The Bertz CT molecular complexity index is 340. The molecular formula is C8H13ClN4OS. The Hall–Kier alpha value is -0.880. The van der Waals surface area contributed by atoms with Crippen LogP contribution >= 0.6 is 11.6 Å². The number of hydrogen-bond donors (Lipinski definition) is 2. The lowest BCUT2D eigenvalue weighted by Gasteiger charge is -2.05. The van der Waals surface area contributed by atoms with Crippen molar-refractivity contribution in [1.82, 2.24) is 9.97 Å². The number of nitrogen functional groups attached to an aromatic ring is 1. The summed E-state index contributed by atoms with van der Waals surface area (Å²) in [6.45, 7) is 0.687. The van der Waals surface area contributed by atoms with Crippen LogP contribution in [0.1, 0.15) is 6.42 Å². The van der Waals surface area contributed by atoms with Gasteiger partial charge in [-0.1, -0.05) is 11.6 Å². The third kappa shape index (κ3) is 4.94. The van der Waals surface area contributed by atoms with Crippen LogP contribution in [0.4, 0.5) is 11.8 Å². The van der Waals surface area contributed by atoms with E-state index in [1.165, 1.54) is 0 Å². The first-order chi connectivity index (χ1) is 7.08. The molecule has 0 aliphatic rings. The van der Waals surface area contributed by atoms with Crippen molar-refractivity contribution in [1.29, 1.82) is 0 Å². The van der Waals surface area contributed by atoms with Gasteiger partial charge in [0.05, 0.1) is 0 Å². The summed E-state index contributed by atoms with van der Waals surface area (Å²) in [5.74, 6) is 1.40. The molecule has 0 aliphatic carbocycles. The highest BCUT2D eigenvalue weighted by Crippen LogP contribution is 2.12. The minimum atomic E-state index is -0.756. The van der Waals surface area contributed by atoms with Gasteiger partial charge in [0.1, 0.15) is 11.0 Å². The summed E-state index contributed by atoms with van der Waals surface area (Å²) in [4.78, 5) is 7.68. The van der Waals surface area contributed by atoms with Crippen LogP contribution in [0.2, 0.25) is 5.15 Å². The molecule has 1 aromatic rings. The second-order valence-electron chi connectivity index (χ2n) is 2.99. The van der Waals surface area contributed by atoms with Crippen molar-refractivity contribution in [2.24, 2.45) is 0 Å². The molecule has 0 bridgehead atoms. The van der Waals surface area contributed by atoms with Gasteiger partial charge in [-0.2, -0.15) is 4.98 Å². The van der Waals surface area contributed by atoms with Gasteiger partial charge in [-0.15, -0.1) is 0 Å². The molecule has 1 aromatic heterocycles. The molecule has 5 nitrogen and oxygen atoms in total. The predicted octanol–water partition coefficient (Wildman–Crippen LogP) is 0.893. The number of rotatable bonds is 5. The van der Waals surface area contributed by atoms with Crippen LogP contribution in [0.15, 0.2) is 6.07 Å². The summed E-state index contributed by atoms with van der Waals surface area (Å²) in [6, 6.07) is 1.60. The summed E-state index contributed by atoms with van der Waals surface area (Å²) in [7, 11) is -0.756. The Morgan fingerprint density at radius 2 is 2.33 bits per heavy atom. The highest BCUT2D eigenvalue weighted by Gasteiger charge is 1.99. The van der Waals surface area contributed by atoms with E-state index < -0.39 is 10.8 Å². The Morgan fingerprint density at radius 1 is 1.60 bits per heavy atom. The van der Waals surface area contributed by atoms with Crippen molar-refractivity contribution < 1.29 is 4.21 Å². The maximum atomic E-state index is 10.8. The normalized spacial score (nSPS) is 12.4. The molecule has 7 heteroatoms. The summed E-state index contributed by atoms with van der Waals surface area (Å²) >= 11 is 5.69. The first kappa shape index (κ1) is 12.2. The van der Waals surface area contributed by atoms with Crippen LogP contribution in [0.3, 0.4) is 0 Å². The molecule has 0 fully saturated rings. The van der Waals surface area contributed by atoms with Crippen LogP contribution < -0.4 is 11.1 Å². The fourth-order valence-corrected chi connectivity index (χ4v) is 1.76. The van der Waals surface area contributed by atoms with Gasteiger partial charge in [-0.25, -0.2) is 4.98 Å². The quantitative estimate of drug-likeness (QED) is 0.598. The van der Waals surface area contributed by atoms with E-state index in [0.29, 0.717) is 23.3 Å². The summed E-state index contributed by atoms with van der Waals surface area (Å²) in [6.07, 6.45) is 2.49. The molecule has 1 unspecified atom stereocenters. The maximum Gasteiger partial charge on any atom is 0.223 e. The van der Waals surface area contributed by atoms with Crippen molar-refractivity contribution in [2.45, 2.75) is 6.42 Å². The number of halogens is 1. The largest absolute Gasteiger partial charge is 0.370 e. The molecule has 0 aromatic carbocycles. The molecule has 0 amide bonds. The number of aromatic nitrogens is 2. The molecule has 0 saturated heterocycles. The molecule has 0 saturated carbocycles. The van der Waals surface area contributed by atoms with E-state index in [1.807, 2.05) is 0 Å². The average Bonchev–Trinajstić information content (AvgIpc) is 2.10. The lowest BCUT2D eigenvalue weighted by molar-refractivity contribution is 0.685. The van der Waals surface area contributed by atoms with Gasteiger partial charge in [-0.3, -0.25) is 4.21 Å². The number of nitrogens with two attached hydrogens (primary N) is 1. The van der Waals surface area contributed by atoms with E-state index in [-0.39, 0.29) is 5.95 Å². The highest BCUT2D eigenvalue weighted by molar-refractivity contribution is 7.84. The summed E-state index contributed by atoms with van der Waals surface area (Å²) in [5.41, 5.74) is 5.42. The molecule has 3 N–H and O–H groups in total. The first-order valence-corrected chi connectivity index (χ1v) is 6.52. The molecule has 84 valence electrons. The molecular weight excluding hydrogens is 236 g/mol. The van der Waals surface area contributed by atoms with E-state index in [2.05, 4.69) is 15.3 Å². The Labute approximate surface area is 95.9 Å². The van der Waals surface area contributed by atoms with Crippen LogP contribution in [0, 0.1) is 0 Å². The van der Waals surface area contributed by atoms with E-state index in [0.717, 1.165) is 6.42 Å². The maximum absolute atomic E-state index is 10.8. The van der Waals surface area contributed by atoms with Crippen LogP contribution in [-0.2, 0) is 10.8 Å². The van der Waals surface area contributed by atoms with E-state index in [9.17, 15) is 4.21 Å². The Kier molecular flexibility index (Phi) is 4.77. The Balaban J connectivity index is 2.40. The van der Waals surface area contributed by atoms with Crippen molar-refractivity contribution in [3.05, 3.63) is 11.2 Å². The summed E-state index contributed by atoms with van der Waals surface area (Å²) < 4.78 is 10.8. The van der Waals surface area contributed by atoms with Crippen molar-refractivity contribution in [3.8, 4) is 0 Å². The van der Waals surface area contributed by atoms with E-state index >= 15 is 0 Å². The third-order valence-electron chi connectivity index (χ3n) is 1.63. The fourth-order valence-electron chi connectivity index (χ4n) is 1.02. The van der Waals surface area contributed by atoms with Gasteiger partial charge in [-0.05, 0) is 6.42 Å². The van der Waals surface area contributed by atoms with Gasteiger partial charge in [0.2, 0.25) is 5.95 Å². The van der Waals surface area contributed by atoms with Gasteiger partial charge >= 0.3 is 0 Å². The molecule has 0 aliphatic heterocycles. The average molecular weight is 249 g/mol. The molecule has 0 spiro atoms. The topological polar surface area (TPSA) is 80.9 Å². The van der Waals surface area contributed by atoms with Gasteiger partial charge in [0.25, 0.3) is 0 Å². The van der Waals surface area contributed by atoms with Gasteiger partial charge in [0, 0.05) is 35.4 Å². The molecule has 1 rings (SSSR count). The second kappa shape index (κ2) is 5.87. The predicted molar refractivity (Wildman–Crippen MR) is 63.5 cm³/mol. The minimum Gasteiger partial charge on any atom is -0.370 e. The lowest BCUT2D eigenvalue weighted by Crippen LogP contribution is -2.08. The van der Waals surface area contributed by atoms with Crippen molar-refractivity contribution >= 4 is 34.2 Å². The number of hydrogen-bond acceptors (Lipinski definition) is 5. The van der Waals surface area contributed by atoms with E-state index in [4.69, 9.17) is 17.3 Å². The zero-order valence-corrected chi connectivity index (χ0v) is 9.94. The van der Waals surface area contributed by atoms with E-state index in [1.54, 1.807) is 12.3 Å². The number of nitrogens with zero attached hydrogens (tertiary/aromatic N) is 2. The molecule has 1 heterocycles. The number of nitrogens with one attached hydrogen (secondary N) is 1. The molecule has 15 heavy (non-hydrogen) atoms. The Morgan fingerprint density at radius 3 is 2.93 bits per heavy atom. The minimum absolute atomic E-state index is 0.143. The first-order valence-electron chi connectivity index (χ1n) is 4.42. The van der Waals surface area contributed by atoms with Gasteiger partial charge < -0.3 is 11.1 Å². The molecule has 1 atom stereocenters. The zero-order valence-electron chi connectivity index (χ0n) is 8.36. The highest BCUT2D eigenvalue weighted by atomic mass is 35.5. The van der Waals surface area contributed by atoms with Crippen LogP contribution in [-0.4, -0.2) is 32.7 Å². The smallest absolute Gasteiger partial charge is 0.223 e. The SMILES string of the molecule is CS(=O)CCCNc1cc(Cl)nc(N)n1. The third-order valence-corrected chi connectivity index (χ3v) is 2.68. The van der Waals surface area contributed by atoms with Crippen molar-refractivity contribution in [3.63, 3.8) is 0 Å². The van der Waals surface area contributed by atoms with Crippen LogP contribution in [0.25, 0.3) is 0 Å². The fraction of sp³-hybridized carbons (Fsp3) is 0.500. The van der Waals surface area contributed by atoms with Gasteiger partial charge in [0.15, 0.2) is 0 Å². The summed E-state index contributed by atoms with van der Waals surface area (Å²) in [5, 5.41) is 3.34.